The SMILES string of the molecule is COc1cc2[nH]cc(Cl)c(=O)c2cc1Cl. The molecule has 0 atom stereocenters. The van der Waals surface area contributed by atoms with Crippen LogP contribution in [-0.2, 0) is 0 Å². The minimum Gasteiger partial charge on any atom is -0.495 e. The average Bonchev–Trinajstić information content (AvgIpc) is 2.24. The fourth-order valence-corrected chi connectivity index (χ4v) is 1.75. The van der Waals surface area contributed by atoms with Crippen LogP contribution in [-0.4, -0.2) is 12.1 Å². The molecule has 0 unspecified atom stereocenters. The van der Waals surface area contributed by atoms with Crippen molar-refractivity contribution in [2.24, 2.45) is 0 Å². The summed E-state index contributed by atoms with van der Waals surface area (Å²) >= 11 is 11.6. The Morgan fingerprint density at radius 2 is 2.00 bits per heavy atom. The van der Waals surface area contributed by atoms with Gasteiger partial charge in [-0.2, -0.15) is 0 Å². The van der Waals surface area contributed by atoms with Crippen LogP contribution >= 0.6 is 23.2 Å². The minimum atomic E-state index is -0.241. The second kappa shape index (κ2) is 3.76. The van der Waals surface area contributed by atoms with E-state index in [4.69, 9.17) is 27.9 Å². The highest BCUT2D eigenvalue weighted by Crippen LogP contribution is 2.27. The van der Waals surface area contributed by atoms with Gasteiger partial charge in [0.05, 0.1) is 17.6 Å². The average molecular weight is 244 g/mol. The van der Waals surface area contributed by atoms with Crippen LogP contribution in [0.2, 0.25) is 10.0 Å². The van der Waals surface area contributed by atoms with E-state index in [-0.39, 0.29) is 10.5 Å². The van der Waals surface area contributed by atoms with Crippen molar-refractivity contribution in [3.63, 3.8) is 0 Å². The van der Waals surface area contributed by atoms with Gasteiger partial charge in [-0.05, 0) is 6.07 Å². The van der Waals surface area contributed by atoms with E-state index in [0.717, 1.165) is 0 Å². The molecule has 1 aromatic heterocycles. The number of aromatic amines is 1. The molecule has 5 heteroatoms. The highest BCUT2D eigenvalue weighted by atomic mass is 35.5. The van der Waals surface area contributed by atoms with Gasteiger partial charge in [0.2, 0.25) is 5.43 Å². The van der Waals surface area contributed by atoms with E-state index >= 15 is 0 Å². The van der Waals surface area contributed by atoms with Crippen LogP contribution < -0.4 is 10.2 Å². The molecule has 1 N–H and O–H groups in total. The molecule has 0 spiro atoms. The first-order chi connectivity index (χ1) is 7.13. The zero-order chi connectivity index (χ0) is 11.0. The summed E-state index contributed by atoms with van der Waals surface area (Å²) in [7, 11) is 1.51. The van der Waals surface area contributed by atoms with Gasteiger partial charge in [-0.1, -0.05) is 23.2 Å². The molecular formula is C10H7Cl2NO2. The van der Waals surface area contributed by atoms with Crippen LogP contribution in [0, 0.1) is 0 Å². The molecule has 15 heavy (non-hydrogen) atoms. The minimum absolute atomic E-state index is 0.142. The molecule has 0 radical (unpaired) electrons. The second-order valence-electron chi connectivity index (χ2n) is 3.00. The van der Waals surface area contributed by atoms with Crippen molar-refractivity contribution in [3.05, 3.63) is 38.6 Å². The number of hydrogen-bond acceptors (Lipinski definition) is 2. The van der Waals surface area contributed by atoms with Gasteiger partial charge in [0.1, 0.15) is 10.8 Å². The highest BCUT2D eigenvalue weighted by molar-refractivity contribution is 6.33. The molecule has 0 saturated carbocycles. The van der Waals surface area contributed by atoms with Crippen molar-refractivity contribution < 1.29 is 4.74 Å². The largest absolute Gasteiger partial charge is 0.495 e. The first-order valence-electron chi connectivity index (χ1n) is 4.18. The number of hydrogen-bond donors (Lipinski definition) is 1. The number of nitrogens with one attached hydrogen (secondary N) is 1. The Kier molecular flexibility index (Phi) is 2.59. The monoisotopic (exact) mass is 243 g/mol. The van der Waals surface area contributed by atoms with Crippen LogP contribution in [0.3, 0.4) is 0 Å². The first-order valence-corrected chi connectivity index (χ1v) is 4.93. The highest BCUT2D eigenvalue weighted by Gasteiger charge is 2.07. The zero-order valence-corrected chi connectivity index (χ0v) is 9.32. The number of pyridine rings is 1. The van der Waals surface area contributed by atoms with Crippen molar-refractivity contribution in [2.75, 3.05) is 7.11 Å². The van der Waals surface area contributed by atoms with E-state index in [1.807, 2.05) is 0 Å². The lowest BCUT2D eigenvalue weighted by atomic mass is 10.2. The predicted molar refractivity (Wildman–Crippen MR) is 61.1 cm³/mol. The summed E-state index contributed by atoms with van der Waals surface area (Å²) in [5.74, 6) is 0.516. The Hall–Kier alpha value is -1.19. The fraction of sp³-hybridized carbons (Fsp3) is 0.100. The molecule has 0 bridgehead atoms. The van der Waals surface area contributed by atoms with E-state index < -0.39 is 0 Å². The van der Waals surface area contributed by atoms with Gasteiger partial charge in [0.15, 0.2) is 0 Å². The van der Waals surface area contributed by atoms with Crippen molar-refractivity contribution in [1.29, 1.82) is 0 Å². The summed E-state index contributed by atoms with van der Waals surface area (Å²) < 4.78 is 5.04. The Labute approximate surface area is 95.6 Å². The van der Waals surface area contributed by atoms with E-state index in [1.54, 1.807) is 12.1 Å². The molecule has 1 heterocycles. The van der Waals surface area contributed by atoms with Gasteiger partial charge in [-0.3, -0.25) is 4.79 Å². The standard InChI is InChI=1S/C10H7Cl2NO2/c1-15-9-3-8-5(2-6(9)11)10(14)7(12)4-13-8/h2-4H,1H3,(H,13,14). The van der Waals surface area contributed by atoms with Crippen LogP contribution in [0.25, 0.3) is 10.9 Å². The molecule has 1 aromatic carbocycles. The van der Waals surface area contributed by atoms with Gasteiger partial charge in [-0.15, -0.1) is 0 Å². The van der Waals surface area contributed by atoms with E-state index in [2.05, 4.69) is 4.98 Å². The smallest absolute Gasteiger partial charge is 0.207 e. The third-order valence-corrected chi connectivity index (χ3v) is 2.68. The number of methoxy groups -OCH3 is 1. The summed E-state index contributed by atoms with van der Waals surface area (Å²) in [6.45, 7) is 0. The number of halogens is 2. The van der Waals surface area contributed by atoms with Gasteiger partial charge >= 0.3 is 0 Å². The van der Waals surface area contributed by atoms with Gasteiger partial charge in [0.25, 0.3) is 0 Å². The quantitative estimate of drug-likeness (QED) is 0.837. The molecule has 0 aliphatic heterocycles. The van der Waals surface area contributed by atoms with Crippen molar-refractivity contribution in [3.8, 4) is 5.75 Å². The topological polar surface area (TPSA) is 42.1 Å². The van der Waals surface area contributed by atoms with E-state index in [9.17, 15) is 4.79 Å². The number of H-pyrrole nitrogens is 1. The Balaban J connectivity index is 2.88. The summed E-state index contributed by atoms with van der Waals surface area (Å²) in [5.41, 5.74) is 0.403. The van der Waals surface area contributed by atoms with Crippen molar-refractivity contribution in [2.45, 2.75) is 0 Å². The Morgan fingerprint density at radius 3 is 2.67 bits per heavy atom. The third kappa shape index (κ3) is 1.68. The van der Waals surface area contributed by atoms with E-state index in [0.29, 0.717) is 21.7 Å². The molecule has 0 aliphatic carbocycles. The molecule has 0 amide bonds. The summed E-state index contributed by atoms with van der Waals surface area (Å²) in [6, 6.07) is 3.20. The molecule has 0 fully saturated rings. The molecule has 0 saturated heterocycles. The maximum absolute atomic E-state index is 11.6. The molecule has 0 aliphatic rings. The van der Waals surface area contributed by atoms with Gasteiger partial charge in [0, 0.05) is 17.6 Å². The normalized spacial score (nSPS) is 10.6. The predicted octanol–water partition coefficient (Wildman–Crippen LogP) is 2.84. The Bertz CT molecular complexity index is 577. The zero-order valence-electron chi connectivity index (χ0n) is 7.80. The number of benzene rings is 1. The lowest BCUT2D eigenvalue weighted by molar-refractivity contribution is 0.415. The first kappa shape index (κ1) is 10.3. The van der Waals surface area contributed by atoms with Crippen LogP contribution in [0.4, 0.5) is 0 Å². The maximum atomic E-state index is 11.6. The molecule has 2 aromatic rings. The maximum Gasteiger partial charge on any atom is 0.207 e. The molecule has 3 nitrogen and oxygen atoms in total. The second-order valence-corrected chi connectivity index (χ2v) is 3.81. The summed E-state index contributed by atoms with van der Waals surface area (Å²) in [5, 5.41) is 0.981. The van der Waals surface area contributed by atoms with Gasteiger partial charge < -0.3 is 9.72 Å². The number of fused-ring (bicyclic) bond motifs is 1. The molecular weight excluding hydrogens is 237 g/mol. The third-order valence-electron chi connectivity index (χ3n) is 2.11. The Morgan fingerprint density at radius 1 is 1.27 bits per heavy atom. The lowest BCUT2D eigenvalue weighted by Crippen LogP contribution is -2.03. The number of ether oxygens (including phenoxy) is 1. The van der Waals surface area contributed by atoms with Crippen LogP contribution in [0.1, 0.15) is 0 Å². The van der Waals surface area contributed by atoms with Crippen LogP contribution in [0.15, 0.2) is 23.1 Å². The van der Waals surface area contributed by atoms with E-state index in [1.165, 1.54) is 13.3 Å². The van der Waals surface area contributed by atoms with Crippen molar-refractivity contribution >= 4 is 34.1 Å². The molecule has 78 valence electrons. The van der Waals surface area contributed by atoms with Crippen LogP contribution in [0.5, 0.6) is 5.75 Å². The summed E-state index contributed by atoms with van der Waals surface area (Å²) in [6.07, 6.45) is 1.44. The van der Waals surface area contributed by atoms with Crippen molar-refractivity contribution in [1.82, 2.24) is 4.98 Å². The van der Waals surface area contributed by atoms with Gasteiger partial charge in [-0.25, -0.2) is 0 Å². The fourth-order valence-electron chi connectivity index (χ4n) is 1.35. The number of rotatable bonds is 1. The number of aromatic nitrogens is 1. The molecule has 2 rings (SSSR count). The summed E-state index contributed by atoms with van der Waals surface area (Å²) in [4.78, 5) is 14.5. The lowest BCUT2D eigenvalue weighted by Gasteiger charge is -2.04.